The number of ether oxygens (including phenoxy) is 1. The first kappa shape index (κ1) is 13.6. The van der Waals surface area contributed by atoms with E-state index in [0.29, 0.717) is 12.2 Å². The van der Waals surface area contributed by atoms with Gasteiger partial charge >= 0.3 is 6.18 Å². The van der Waals surface area contributed by atoms with Crippen molar-refractivity contribution in [3.05, 3.63) is 24.3 Å². The third kappa shape index (κ3) is 4.95. The summed E-state index contributed by atoms with van der Waals surface area (Å²) >= 11 is 0. The smallest absolute Gasteiger partial charge is 0.397 e. The molecule has 0 amide bonds. The Kier molecular flexibility index (Phi) is 4.62. The molecule has 1 aromatic rings. The van der Waals surface area contributed by atoms with Gasteiger partial charge in [0.25, 0.3) is 0 Å². The average molecular weight is 248 g/mol. The van der Waals surface area contributed by atoms with Crippen molar-refractivity contribution in [1.29, 1.82) is 0 Å². The fraction of sp³-hybridized carbons (Fsp3) is 0.455. The Labute approximate surface area is 98.0 Å². The molecule has 0 atom stereocenters. The van der Waals surface area contributed by atoms with Crippen LogP contribution < -0.4 is 10.6 Å². The van der Waals surface area contributed by atoms with E-state index in [9.17, 15) is 13.2 Å². The summed E-state index contributed by atoms with van der Waals surface area (Å²) in [5, 5.41) is 0. The molecular formula is C11H15F3N2O. The lowest BCUT2D eigenvalue weighted by Gasteiger charge is -2.21. The van der Waals surface area contributed by atoms with Crippen molar-refractivity contribution < 1.29 is 17.9 Å². The van der Waals surface area contributed by atoms with Crippen molar-refractivity contribution in [2.75, 3.05) is 37.4 Å². The third-order valence-corrected chi connectivity index (χ3v) is 2.18. The summed E-state index contributed by atoms with van der Waals surface area (Å²) in [7, 11) is 1.75. The van der Waals surface area contributed by atoms with E-state index in [1.807, 2.05) is 6.07 Å². The summed E-state index contributed by atoms with van der Waals surface area (Å²) in [6.07, 6.45) is -4.27. The van der Waals surface area contributed by atoms with Gasteiger partial charge in [0.15, 0.2) is 0 Å². The molecule has 3 nitrogen and oxygen atoms in total. The fourth-order valence-corrected chi connectivity index (χ4v) is 1.34. The van der Waals surface area contributed by atoms with Crippen LogP contribution in [0.5, 0.6) is 0 Å². The Morgan fingerprint density at radius 3 is 2.53 bits per heavy atom. The molecule has 1 aromatic carbocycles. The van der Waals surface area contributed by atoms with Gasteiger partial charge in [-0.1, -0.05) is 12.1 Å². The van der Waals surface area contributed by atoms with Crippen LogP contribution in [0, 0.1) is 0 Å². The van der Waals surface area contributed by atoms with Crippen molar-refractivity contribution in [2.45, 2.75) is 6.18 Å². The van der Waals surface area contributed by atoms with E-state index in [0.717, 1.165) is 5.69 Å². The lowest BCUT2D eigenvalue weighted by atomic mass is 10.2. The van der Waals surface area contributed by atoms with E-state index >= 15 is 0 Å². The highest BCUT2D eigenvalue weighted by Gasteiger charge is 2.27. The van der Waals surface area contributed by atoms with Crippen LogP contribution >= 0.6 is 0 Å². The lowest BCUT2D eigenvalue weighted by Crippen LogP contribution is -2.26. The topological polar surface area (TPSA) is 38.5 Å². The van der Waals surface area contributed by atoms with Crippen LogP contribution in [0.2, 0.25) is 0 Å². The van der Waals surface area contributed by atoms with Gasteiger partial charge in [-0.25, -0.2) is 0 Å². The Morgan fingerprint density at radius 2 is 1.94 bits per heavy atom. The summed E-state index contributed by atoms with van der Waals surface area (Å²) in [4.78, 5) is 1.76. The lowest BCUT2D eigenvalue weighted by molar-refractivity contribution is -0.173. The van der Waals surface area contributed by atoms with Crippen molar-refractivity contribution in [3.8, 4) is 0 Å². The van der Waals surface area contributed by atoms with E-state index in [1.54, 1.807) is 30.1 Å². The second-order valence-electron chi connectivity index (χ2n) is 3.65. The van der Waals surface area contributed by atoms with Gasteiger partial charge in [0.1, 0.15) is 6.61 Å². The molecular weight excluding hydrogens is 233 g/mol. The summed E-state index contributed by atoms with van der Waals surface area (Å²) in [5.41, 5.74) is 7.10. The van der Waals surface area contributed by atoms with Crippen LogP contribution in [0.15, 0.2) is 24.3 Å². The van der Waals surface area contributed by atoms with Gasteiger partial charge in [-0.3, -0.25) is 0 Å². The number of hydrogen-bond acceptors (Lipinski definition) is 3. The minimum atomic E-state index is -4.27. The maximum absolute atomic E-state index is 11.8. The van der Waals surface area contributed by atoms with E-state index in [1.165, 1.54) is 0 Å². The first-order valence-electron chi connectivity index (χ1n) is 5.10. The summed E-state index contributed by atoms with van der Waals surface area (Å²) in [6.45, 7) is -0.861. The zero-order valence-corrected chi connectivity index (χ0v) is 9.50. The predicted octanol–water partition coefficient (Wildman–Crippen LogP) is 2.28. The minimum Gasteiger partial charge on any atom is -0.397 e. The van der Waals surface area contributed by atoms with Crippen LogP contribution in [0.1, 0.15) is 0 Å². The number of para-hydroxylation sites is 2. The molecule has 0 aliphatic rings. The summed E-state index contributed by atoms with van der Waals surface area (Å²) in [6, 6.07) is 7.16. The number of rotatable bonds is 5. The van der Waals surface area contributed by atoms with Gasteiger partial charge in [-0.2, -0.15) is 13.2 Å². The first-order chi connectivity index (χ1) is 7.90. The van der Waals surface area contributed by atoms with Gasteiger partial charge in [0.2, 0.25) is 0 Å². The standard InChI is InChI=1S/C11H15F3N2O/c1-16(6-7-17-8-11(12,13)14)10-5-3-2-4-9(10)15/h2-5H,6-8,15H2,1H3. The molecule has 6 heteroatoms. The molecule has 0 spiro atoms. The second-order valence-corrected chi connectivity index (χ2v) is 3.65. The number of nitrogens with two attached hydrogens (primary N) is 1. The highest BCUT2D eigenvalue weighted by atomic mass is 19.4. The largest absolute Gasteiger partial charge is 0.411 e. The molecule has 1 rings (SSSR count). The minimum absolute atomic E-state index is 0.00431. The van der Waals surface area contributed by atoms with Crippen molar-refractivity contribution in [2.24, 2.45) is 0 Å². The van der Waals surface area contributed by atoms with E-state index < -0.39 is 12.8 Å². The van der Waals surface area contributed by atoms with Crippen LogP contribution in [-0.4, -0.2) is 33.0 Å². The Bertz CT molecular complexity index is 355. The first-order valence-corrected chi connectivity index (χ1v) is 5.10. The SMILES string of the molecule is CN(CCOCC(F)(F)F)c1ccccc1N. The molecule has 0 aliphatic carbocycles. The summed E-state index contributed by atoms with van der Waals surface area (Å²) in [5.74, 6) is 0. The normalized spacial score (nSPS) is 11.5. The predicted molar refractivity (Wildman–Crippen MR) is 61.0 cm³/mol. The highest BCUT2D eigenvalue weighted by molar-refractivity contribution is 5.66. The number of hydrogen-bond donors (Lipinski definition) is 1. The number of halogens is 3. The number of nitrogen functional groups attached to an aromatic ring is 1. The molecule has 0 saturated carbocycles. The molecule has 0 fully saturated rings. The highest BCUT2D eigenvalue weighted by Crippen LogP contribution is 2.20. The fourth-order valence-electron chi connectivity index (χ4n) is 1.34. The van der Waals surface area contributed by atoms with Crippen LogP contribution in [0.3, 0.4) is 0 Å². The molecule has 0 aliphatic heterocycles. The van der Waals surface area contributed by atoms with Gasteiger partial charge in [-0.05, 0) is 12.1 Å². The van der Waals surface area contributed by atoms with Gasteiger partial charge in [0.05, 0.1) is 18.0 Å². The van der Waals surface area contributed by atoms with E-state index in [4.69, 9.17) is 5.73 Å². The Balaban J connectivity index is 2.36. The maximum Gasteiger partial charge on any atom is 0.411 e. The number of alkyl halides is 3. The number of anilines is 2. The molecule has 2 N–H and O–H groups in total. The van der Waals surface area contributed by atoms with Gasteiger partial charge in [-0.15, -0.1) is 0 Å². The van der Waals surface area contributed by atoms with Crippen LogP contribution in [0.25, 0.3) is 0 Å². The molecule has 17 heavy (non-hydrogen) atoms. The molecule has 0 saturated heterocycles. The van der Waals surface area contributed by atoms with Crippen molar-refractivity contribution in [1.82, 2.24) is 0 Å². The van der Waals surface area contributed by atoms with Crippen molar-refractivity contribution >= 4 is 11.4 Å². The van der Waals surface area contributed by atoms with Crippen LogP contribution in [0.4, 0.5) is 24.5 Å². The van der Waals surface area contributed by atoms with E-state index in [-0.39, 0.29) is 6.61 Å². The maximum atomic E-state index is 11.8. The summed E-state index contributed by atoms with van der Waals surface area (Å²) < 4.78 is 39.9. The van der Waals surface area contributed by atoms with Crippen LogP contribution in [-0.2, 0) is 4.74 Å². The Hall–Kier alpha value is -1.43. The zero-order valence-electron chi connectivity index (χ0n) is 9.50. The molecule has 0 heterocycles. The van der Waals surface area contributed by atoms with Crippen molar-refractivity contribution in [3.63, 3.8) is 0 Å². The number of likely N-dealkylation sites (N-methyl/N-ethyl adjacent to an activating group) is 1. The Morgan fingerprint density at radius 1 is 1.29 bits per heavy atom. The molecule has 0 bridgehead atoms. The molecule has 0 aromatic heterocycles. The molecule has 0 radical (unpaired) electrons. The quantitative estimate of drug-likeness (QED) is 0.641. The van der Waals surface area contributed by atoms with Gasteiger partial charge in [0, 0.05) is 13.6 Å². The molecule has 0 unspecified atom stereocenters. The second kappa shape index (κ2) is 5.77. The molecule has 96 valence electrons. The zero-order chi connectivity index (χ0) is 12.9. The number of benzene rings is 1. The number of nitrogens with zero attached hydrogens (tertiary/aromatic N) is 1. The third-order valence-electron chi connectivity index (χ3n) is 2.18. The van der Waals surface area contributed by atoms with E-state index in [2.05, 4.69) is 4.74 Å². The van der Waals surface area contributed by atoms with Gasteiger partial charge < -0.3 is 15.4 Å². The monoisotopic (exact) mass is 248 g/mol. The average Bonchev–Trinajstić information content (AvgIpc) is 2.23.